The van der Waals surface area contributed by atoms with Crippen molar-refractivity contribution in [3.8, 4) is 47.9 Å². The van der Waals surface area contributed by atoms with Gasteiger partial charge in [-0.05, 0) is 68.4 Å². The van der Waals surface area contributed by atoms with E-state index in [-0.39, 0.29) is 0 Å². The molecule has 1 rings (SSSR count). The van der Waals surface area contributed by atoms with Crippen LogP contribution in [0.25, 0.3) is 0 Å². The van der Waals surface area contributed by atoms with Gasteiger partial charge in [0.15, 0.2) is 0 Å². The molecule has 28 heavy (non-hydrogen) atoms. The fourth-order valence-electron chi connectivity index (χ4n) is 1.79. The molecule has 0 heterocycles. The number of anilines is 1. The van der Waals surface area contributed by atoms with Crippen molar-refractivity contribution in [1.82, 2.24) is 5.32 Å². The Morgan fingerprint density at radius 2 is 1.79 bits per heavy atom. The summed E-state index contributed by atoms with van der Waals surface area (Å²) in [6.45, 7) is 4.47. The summed E-state index contributed by atoms with van der Waals surface area (Å²) < 4.78 is 5.09. The van der Waals surface area contributed by atoms with Crippen molar-refractivity contribution < 1.29 is 19.4 Å². The van der Waals surface area contributed by atoms with Gasteiger partial charge in [0.05, 0.1) is 12.3 Å². The Bertz CT molecular complexity index is 948. The van der Waals surface area contributed by atoms with E-state index in [0.29, 0.717) is 11.3 Å². The van der Waals surface area contributed by atoms with Crippen molar-refractivity contribution in [3.05, 3.63) is 29.8 Å². The molecule has 142 valence electrons. The van der Waals surface area contributed by atoms with Crippen LogP contribution in [0.3, 0.4) is 0 Å². The monoisotopic (exact) mass is 376 g/mol. The van der Waals surface area contributed by atoms with E-state index in [0.717, 1.165) is 0 Å². The SMILES string of the molecule is C#CC#CC#CC#Cc1ccccc1NC(=O)[C@@H](CO)NC(=O)OC(C)(C)C. The first-order chi connectivity index (χ1) is 13.3. The van der Waals surface area contributed by atoms with Crippen molar-refractivity contribution in [3.63, 3.8) is 0 Å². The van der Waals surface area contributed by atoms with Crippen LogP contribution in [0.4, 0.5) is 10.5 Å². The molecule has 0 saturated carbocycles. The van der Waals surface area contributed by atoms with E-state index in [1.165, 1.54) is 0 Å². The fourth-order valence-corrected chi connectivity index (χ4v) is 1.79. The lowest BCUT2D eigenvalue weighted by atomic mass is 10.1. The second-order valence-corrected chi connectivity index (χ2v) is 6.31. The van der Waals surface area contributed by atoms with Crippen LogP contribution in [0.15, 0.2) is 24.3 Å². The number of carbonyl (C=O) groups is 2. The van der Waals surface area contributed by atoms with Crippen molar-refractivity contribution in [2.75, 3.05) is 11.9 Å². The quantitative estimate of drug-likeness (QED) is 0.695. The number of aliphatic hydroxyl groups is 1. The zero-order valence-corrected chi connectivity index (χ0v) is 15.8. The summed E-state index contributed by atoms with van der Waals surface area (Å²) in [5, 5.41) is 14.4. The number of aliphatic hydroxyl groups excluding tert-OH is 1. The van der Waals surface area contributed by atoms with E-state index in [1.54, 1.807) is 45.0 Å². The van der Waals surface area contributed by atoms with Gasteiger partial charge >= 0.3 is 6.09 Å². The lowest BCUT2D eigenvalue weighted by Crippen LogP contribution is -2.47. The van der Waals surface area contributed by atoms with Gasteiger partial charge in [-0.3, -0.25) is 4.79 Å². The number of rotatable bonds is 4. The molecule has 0 saturated heterocycles. The van der Waals surface area contributed by atoms with Gasteiger partial charge in [-0.1, -0.05) is 18.1 Å². The van der Waals surface area contributed by atoms with Crippen LogP contribution in [0.5, 0.6) is 0 Å². The first-order valence-corrected chi connectivity index (χ1v) is 8.23. The number of ether oxygens (including phenoxy) is 1. The van der Waals surface area contributed by atoms with Crippen LogP contribution in [0, 0.1) is 47.9 Å². The zero-order valence-electron chi connectivity index (χ0n) is 15.8. The molecular weight excluding hydrogens is 356 g/mol. The molecule has 1 aromatic rings. The molecule has 0 aliphatic heterocycles. The van der Waals surface area contributed by atoms with Gasteiger partial charge in [-0.25, -0.2) is 4.79 Å². The van der Waals surface area contributed by atoms with Crippen LogP contribution in [-0.2, 0) is 9.53 Å². The number of alkyl carbamates (subject to hydrolysis) is 1. The third-order valence-electron chi connectivity index (χ3n) is 2.89. The third-order valence-corrected chi connectivity index (χ3v) is 2.89. The van der Waals surface area contributed by atoms with Gasteiger partial charge in [-0.15, -0.1) is 6.42 Å². The molecule has 1 aromatic carbocycles. The number of nitrogens with one attached hydrogen (secondary N) is 2. The summed E-state index contributed by atoms with van der Waals surface area (Å²) in [5.74, 6) is 16.7. The van der Waals surface area contributed by atoms with Crippen molar-refractivity contribution in [1.29, 1.82) is 0 Å². The summed E-state index contributed by atoms with van der Waals surface area (Å²) in [6.07, 6.45) is 4.17. The van der Waals surface area contributed by atoms with E-state index in [1.807, 2.05) is 0 Å². The predicted molar refractivity (Wildman–Crippen MR) is 107 cm³/mol. The highest BCUT2D eigenvalue weighted by Gasteiger charge is 2.24. The normalized spacial score (nSPS) is 10.2. The van der Waals surface area contributed by atoms with Crippen molar-refractivity contribution in [2.24, 2.45) is 0 Å². The molecule has 3 N–H and O–H groups in total. The Kier molecular flexibility index (Phi) is 8.72. The van der Waals surface area contributed by atoms with Gasteiger partial charge in [0.1, 0.15) is 11.6 Å². The summed E-state index contributed by atoms with van der Waals surface area (Å²) >= 11 is 0. The molecule has 6 nitrogen and oxygen atoms in total. The van der Waals surface area contributed by atoms with Crippen LogP contribution in [0.2, 0.25) is 0 Å². The third kappa shape index (κ3) is 8.50. The number of para-hydroxylation sites is 1. The Balaban J connectivity index is 2.88. The van der Waals surface area contributed by atoms with Crippen LogP contribution in [-0.4, -0.2) is 35.4 Å². The van der Waals surface area contributed by atoms with E-state index in [2.05, 4.69) is 52.1 Å². The maximum absolute atomic E-state index is 12.4. The number of benzene rings is 1. The second-order valence-electron chi connectivity index (χ2n) is 6.31. The minimum absolute atomic E-state index is 0.404. The van der Waals surface area contributed by atoms with Gasteiger partial charge in [0, 0.05) is 5.56 Å². The van der Waals surface area contributed by atoms with Gasteiger partial charge in [-0.2, -0.15) is 0 Å². The molecule has 0 unspecified atom stereocenters. The highest BCUT2D eigenvalue weighted by Crippen LogP contribution is 2.14. The molecule has 0 aliphatic rings. The van der Waals surface area contributed by atoms with E-state index < -0.39 is 30.3 Å². The highest BCUT2D eigenvalue weighted by molar-refractivity contribution is 5.97. The predicted octanol–water partition coefficient (Wildman–Crippen LogP) is 1.50. The number of carbonyl (C=O) groups excluding carboxylic acids is 2. The van der Waals surface area contributed by atoms with E-state index >= 15 is 0 Å². The molecule has 0 radical (unpaired) electrons. The molecule has 2 amide bonds. The minimum atomic E-state index is -1.19. The average molecular weight is 376 g/mol. The Labute approximate surface area is 165 Å². The molecule has 1 atom stereocenters. The average Bonchev–Trinajstić information content (AvgIpc) is 2.62. The largest absolute Gasteiger partial charge is 0.444 e. The standard InChI is InChI=1S/C22H20N2O4/c1-5-6-7-8-9-10-13-17-14-11-12-15-18(17)23-20(26)19(16-25)24-21(27)28-22(2,3)4/h1,11-12,14-15,19,25H,16H2,2-4H3,(H,23,26)(H,24,27)/t19-/m1/s1. The molecular formula is C22H20N2O4. The van der Waals surface area contributed by atoms with E-state index in [4.69, 9.17) is 11.2 Å². The van der Waals surface area contributed by atoms with Gasteiger partial charge in [0.25, 0.3) is 0 Å². The van der Waals surface area contributed by atoms with Gasteiger partial charge in [0.2, 0.25) is 5.91 Å². The second kappa shape index (κ2) is 11.0. The van der Waals surface area contributed by atoms with Crippen LogP contribution in [0.1, 0.15) is 26.3 Å². The minimum Gasteiger partial charge on any atom is -0.444 e. The van der Waals surface area contributed by atoms with Crippen LogP contribution < -0.4 is 10.6 Å². The van der Waals surface area contributed by atoms with Gasteiger partial charge < -0.3 is 20.5 Å². The molecule has 0 aliphatic carbocycles. The lowest BCUT2D eigenvalue weighted by Gasteiger charge is -2.22. The molecule has 0 aromatic heterocycles. The Hall–Kier alpha value is -3.84. The smallest absolute Gasteiger partial charge is 0.408 e. The summed E-state index contributed by atoms with van der Waals surface area (Å²) in [4.78, 5) is 24.2. The first-order valence-electron chi connectivity index (χ1n) is 8.23. The topological polar surface area (TPSA) is 87.7 Å². The summed E-state index contributed by atoms with van der Waals surface area (Å²) in [6, 6.07) is 5.59. The van der Waals surface area contributed by atoms with E-state index in [9.17, 15) is 14.7 Å². The molecule has 0 fully saturated rings. The van der Waals surface area contributed by atoms with Crippen molar-refractivity contribution >= 4 is 17.7 Å². The van der Waals surface area contributed by atoms with Crippen molar-refractivity contribution in [2.45, 2.75) is 32.4 Å². The Morgan fingerprint density at radius 1 is 1.14 bits per heavy atom. The summed E-state index contributed by atoms with van der Waals surface area (Å²) in [7, 11) is 0. The maximum atomic E-state index is 12.4. The van der Waals surface area contributed by atoms with Crippen LogP contribution >= 0.6 is 0 Å². The number of hydrogen-bond donors (Lipinski definition) is 3. The Morgan fingerprint density at radius 3 is 2.43 bits per heavy atom. The highest BCUT2D eigenvalue weighted by atomic mass is 16.6. The maximum Gasteiger partial charge on any atom is 0.408 e. The molecule has 6 heteroatoms. The zero-order chi connectivity index (χ0) is 21.0. The molecule has 0 bridgehead atoms. The summed E-state index contributed by atoms with van der Waals surface area (Å²) in [5.41, 5.74) is 0.180. The number of amides is 2. The molecule has 0 spiro atoms. The lowest BCUT2D eigenvalue weighted by molar-refractivity contribution is -0.119. The number of terminal acetylenes is 1. The number of hydrogen-bond acceptors (Lipinski definition) is 4. The fraction of sp³-hybridized carbons (Fsp3) is 0.273. The first kappa shape index (κ1) is 22.2.